The van der Waals surface area contributed by atoms with E-state index >= 15 is 0 Å². The topological polar surface area (TPSA) is 58.0 Å². The highest BCUT2D eigenvalue weighted by atomic mass is 16.5. The quantitative estimate of drug-likeness (QED) is 0.782. The van der Waals surface area contributed by atoms with Gasteiger partial charge in [0, 0.05) is 30.7 Å². The summed E-state index contributed by atoms with van der Waals surface area (Å²) in [6.45, 7) is 4.63. The molecule has 5 heteroatoms. The van der Waals surface area contributed by atoms with E-state index in [-0.39, 0.29) is 0 Å². The molecular weight excluding hydrogens is 240 g/mol. The van der Waals surface area contributed by atoms with Crippen LogP contribution >= 0.6 is 0 Å². The molecule has 0 bridgehead atoms. The first kappa shape index (κ1) is 11.8. The zero-order valence-corrected chi connectivity index (χ0v) is 11.3. The third-order valence-electron chi connectivity index (χ3n) is 3.36. The summed E-state index contributed by atoms with van der Waals surface area (Å²) in [5.41, 5.74) is 2.96. The molecule has 3 rings (SSSR count). The second kappa shape index (κ2) is 4.42. The number of aryl methyl sites for hydroxylation is 2. The monoisotopic (exact) mass is 256 g/mol. The van der Waals surface area contributed by atoms with E-state index in [9.17, 15) is 0 Å². The zero-order chi connectivity index (χ0) is 13.4. The van der Waals surface area contributed by atoms with Gasteiger partial charge >= 0.3 is 0 Å². The molecule has 0 fully saturated rings. The molecule has 0 aliphatic heterocycles. The van der Waals surface area contributed by atoms with Crippen LogP contribution in [0.3, 0.4) is 0 Å². The largest absolute Gasteiger partial charge is 0.361 e. The lowest BCUT2D eigenvalue weighted by atomic mass is 10.2. The smallest absolute Gasteiger partial charge is 0.139 e. The molecule has 3 heterocycles. The van der Waals surface area contributed by atoms with Crippen LogP contribution in [0.25, 0.3) is 11.0 Å². The van der Waals surface area contributed by atoms with Crippen molar-refractivity contribution in [2.24, 2.45) is 0 Å². The van der Waals surface area contributed by atoms with Gasteiger partial charge in [-0.1, -0.05) is 5.16 Å². The Morgan fingerprint density at radius 3 is 2.84 bits per heavy atom. The summed E-state index contributed by atoms with van der Waals surface area (Å²) in [6, 6.07) is 6.10. The SMILES string of the molecule is Cc1noc(C)c1CN(C)c1ccc2cc[nH]c2n1. The van der Waals surface area contributed by atoms with Crippen molar-refractivity contribution in [3.05, 3.63) is 41.4 Å². The van der Waals surface area contributed by atoms with E-state index in [0.717, 1.165) is 40.4 Å². The number of anilines is 1. The highest BCUT2D eigenvalue weighted by Gasteiger charge is 2.12. The first-order valence-electron chi connectivity index (χ1n) is 6.22. The van der Waals surface area contributed by atoms with E-state index in [0.29, 0.717) is 0 Å². The van der Waals surface area contributed by atoms with Crippen molar-refractivity contribution in [3.8, 4) is 0 Å². The minimum atomic E-state index is 0.736. The lowest BCUT2D eigenvalue weighted by Gasteiger charge is -2.17. The van der Waals surface area contributed by atoms with Crippen LogP contribution in [0.5, 0.6) is 0 Å². The Bertz CT molecular complexity index is 694. The van der Waals surface area contributed by atoms with E-state index in [4.69, 9.17) is 4.52 Å². The number of H-pyrrole nitrogens is 1. The summed E-state index contributed by atoms with van der Waals surface area (Å²) in [5, 5.41) is 5.10. The number of nitrogens with zero attached hydrogens (tertiary/aromatic N) is 3. The molecule has 3 aromatic rings. The van der Waals surface area contributed by atoms with Crippen LogP contribution in [-0.2, 0) is 6.54 Å². The van der Waals surface area contributed by atoms with Crippen LogP contribution in [0.15, 0.2) is 28.9 Å². The fourth-order valence-electron chi connectivity index (χ4n) is 2.18. The van der Waals surface area contributed by atoms with Gasteiger partial charge in [0.1, 0.15) is 17.2 Å². The first-order chi connectivity index (χ1) is 9.15. The molecule has 0 unspecified atom stereocenters. The summed E-state index contributed by atoms with van der Waals surface area (Å²) < 4.78 is 5.19. The minimum Gasteiger partial charge on any atom is -0.361 e. The van der Waals surface area contributed by atoms with Gasteiger partial charge in [-0.15, -0.1) is 0 Å². The molecule has 0 aliphatic carbocycles. The molecule has 0 saturated carbocycles. The molecule has 1 N–H and O–H groups in total. The van der Waals surface area contributed by atoms with E-state index in [2.05, 4.69) is 26.1 Å². The van der Waals surface area contributed by atoms with Crippen molar-refractivity contribution >= 4 is 16.9 Å². The number of aromatic nitrogens is 3. The minimum absolute atomic E-state index is 0.736. The van der Waals surface area contributed by atoms with Gasteiger partial charge in [-0.2, -0.15) is 0 Å². The molecule has 98 valence electrons. The molecule has 0 spiro atoms. The van der Waals surface area contributed by atoms with Crippen molar-refractivity contribution < 1.29 is 4.52 Å². The molecule has 0 amide bonds. The Balaban J connectivity index is 1.89. The first-order valence-corrected chi connectivity index (χ1v) is 6.22. The molecule has 3 aromatic heterocycles. The molecule has 0 saturated heterocycles. The van der Waals surface area contributed by atoms with Crippen molar-refractivity contribution in [2.75, 3.05) is 11.9 Å². The van der Waals surface area contributed by atoms with Crippen LogP contribution in [0.2, 0.25) is 0 Å². The maximum atomic E-state index is 5.19. The van der Waals surface area contributed by atoms with Crippen LogP contribution in [0.4, 0.5) is 5.82 Å². The molecule has 0 atom stereocenters. The number of rotatable bonds is 3. The maximum absolute atomic E-state index is 5.19. The van der Waals surface area contributed by atoms with E-state index in [1.807, 2.05) is 39.2 Å². The van der Waals surface area contributed by atoms with Crippen molar-refractivity contribution in [1.82, 2.24) is 15.1 Å². The van der Waals surface area contributed by atoms with Crippen molar-refractivity contribution in [2.45, 2.75) is 20.4 Å². The van der Waals surface area contributed by atoms with Crippen LogP contribution in [0.1, 0.15) is 17.0 Å². The lowest BCUT2D eigenvalue weighted by Crippen LogP contribution is -2.18. The molecule has 5 nitrogen and oxygen atoms in total. The van der Waals surface area contributed by atoms with Gasteiger partial charge in [0.15, 0.2) is 0 Å². The number of aromatic amines is 1. The second-order valence-corrected chi connectivity index (χ2v) is 4.74. The highest BCUT2D eigenvalue weighted by molar-refractivity contribution is 5.77. The Labute approximate surface area is 111 Å². The summed E-state index contributed by atoms with van der Waals surface area (Å²) in [7, 11) is 2.02. The lowest BCUT2D eigenvalue weighted by molar-refractivity contribution is 0.392. The predicted molar refractivity (Wildman–Crippen MR) is 74.2 cm³/mol. The van der Waals surface area contributed by atoms with Gasteiger partial charge in [0.25, 0.3) is 0 Å². The molecule has 0 aliphatic rings. The summed E-state index contributed by atoms with van der Waals surface area (Å²) in [4.78, 5) is 9.81. The van der Waals surface area contributed by atoms with Gasteiger partial charge in [0.2, 0.25) is 0 Å². The second-order valence-electron chi connectivity index (χ2n) is 4.74. The Kier molecular flexibility index (Phi) is 2.74. The average Bonchev–Trinajstić information content (AvgIpc) is 2.99. The highest BCUT2D eigenvalue weighted by Crippen LogP contribution is 2.20. The zero-order valence-electron chi connectivity index (χ0n) is 11.3. The number of pyridine rings is 1. The number of hydrogen-bond acceptors (Lipinski definition) is 4. The van der Waals surface area contributed by atoms with Gasteiger partial charge < -0.3 is 14.4 Å². The third-order valence-corrected chi connectivity index (χ3v) is 3.36. The van der Waals surface area contributed by atoms with Gasteiger partial charge in [0.05, 0.1) is 5.69 Å². The molecule has 19 heavy (non-hydrogen) atoms. The maximum Gasteiger partial charge on any atom is 0.139 e. The summed E-state index contributed by atoms with van der Waals surface area (Å²) in [6.07, 6.45) is 1.90. The standard InChI is InChI=1S/C14H16N4O/c1-9-12(10(2)19-17-9)8-18(3)13-5-4-11-6-7-15-14(11)16-13/h4-7H,8H2,1-3H3,(H,15,16). The van der Waals surface area contributed by atoms with Crippen molar-refractivity contribution in [3.63, 3.8) is 0 Å². The van der Waals surface area contributed by atoms with E-state index < -0.39 is 0 Å². The summed E-state index contributed by atoms with van der Waals surface area (Å²) in [5.74, 6) is 1.79. The fourth-order valence-corrected chi connectivity index (χ4v) is 2.18. The Hall–Kier alpha value is -2.30. The average molecular weight is 256 g/mol. The van der Waals surface area contributed by atoms with Gasteiger partial charge in [-0.3, -0.25) is 0 Å². The van der Waals surface area contributed by atoms with Crippen molar-refractivity contribution in [1.29, 1.82) is 0 Å². The molecular formula is C14H16N4O. The number of nitrogens with one attached hydrogen (secondary N) is 1. The van der Waals surface area contributed by atoms with Crippen LogP contribution in [-0.4, -0.2) is 22.2 Å². The summed E-state index contributed by atoms with van der Waals surface area (Å²) >= 11 is 0. The normalized spacial score (nSPS) is 11.1. The van der Waals surface area contributed by atoms with Crippen LogP contribution < -0.4 is 4.90 Å². The van der Waals surface area contributed by atoms with E-state index in [1.54, 1.807) is 0 Å². The van der Waals surface area contributed by atoms with Gasteiger partial charge in [-0.05, 0) is 32.0 Å². The predicted octanol–water partition coefficient (Wildman–Crippen LogP) is 2.80. The number of hydrogen-bond donors (Lipinski definition) is 1. The molecule has 0 aromatic carbocycles. The van der Waals surface area contributed by atoms with Gasteiger partial charge in [-0.25, -0.2) is 4.98 Å². The fraction of sp³-hybridized carbons (Fsp3) is 0.286. The Morgan fingerprint density at radius 2 is 2.11 bits per heavy atom. The van der Waals surface area contributed by atoms with Crippen LogP contribution in [0, 0.1) is 13.8 Å². The van der Waals surface area contributed by atoms with E-state index in [1.165, 1.54) is 0 Å². The third kappa shape index (κ3) is 2.07. The number of fused-ring (bicyclic) bond motifs is 1. The Morgan fingerprint density at radius 1 is 1.26 bits per heavy atom. The molecule has 0 radical (unpaired) electrons.